The first-order valence-electron chi connectivity index (χ1n) is 6.85. The molecule has 1 saturated heterocycles. The Morgan fingerprint density at radius 1 is 1.33 bits per heavy atom. The Balaban J connectivity index is 2.72. The van der Waals surface area contributed by atoms with Gasteiger partial charge in [0.15, 0.2) is 5.25 Å². The average molecular weight is 337 g/mol. The van der Waals surface area contributed by atoms with Crippen LogP contribution in [0.3, 0.4) is 0 Å². The Labute approximate surface area is 131 Å². The molecule has 122 valence electrons. The van der Waals surface area contributed by atoms with E-state index >= 15 is 0 Å². The number of ether oxygens (including phenoxy) is 1. The van der Waals surface area contributed by atoms with E-state index in [0.717, 1.165) is 6.42 Å². The molecule has 1 fully saturated rings. The lowest BCUT2D eigenvalue weighted by Crippen LogP contribution is -2.56. The van der Waals surface area contributed by atoms with Crippen LogP contribution in [0.1, 0.15) is 20.3 Å². The highest BCUT2D eigenvalue weighted by Crippen LogP contribution is 2.16. The molecule has 1 aliphatic heterocycles. The van der Waals surface area contributed by atoms with E-state index in [1.165, 1.54) is 18.3 Å². The number of carbonyl (C=O) groups excluding carboxylic acids is 1. The number of thiocarbonyl (C=S) groups is 1. The Morgan fingerprint density at radius 2 is 1.86 bits per heavy atom. The topological polar surface area (TPSA) is 92.9 Å². The molecule has 0 radical (unpaired) electrons. The smallest absolute Gasteiger partial charge is 0.325 e. The SMILES string of the molecule is CCC(C(N)=S)N1CCN(S(=O)(=O)C(C)C(=O)OC)CC1. The molecule has 2 N–H and O–H groups in total. The number of hydrogen-bond acceptors (Lipinski definition) is 6. The first-order chi connectivity index (χ1) is 9.75. The van der Waals surface area contributed by atoms with Gasteiger partial charge in [0.25, 0.3) is 0 Å². The lowest BCUT2D eigenvalue weighted by atomic mass is 10.1. The molecule has 21 heavy (non-hydrogen) atoms. The van der Waals surface area contributed by atoms with Crippen LogP contribution in [0.2, 0.25) is 0 Å². The van der Waals surface area contributed by atoms with E-state index in [1.807, 2.05) is 6.92 Å². The van der Waals surface area contributed by atoms with Gasteiger partial charge in [-0.15, -0.1) is 0 Å². The first-order valence-corrected chi connectivity index (χ1v) is 8.77. The van der Waals surface area contributed by atoms with E-state index in [1.54, 1.807) is 0 Å². The highest BCUT2D eigenvalue weighted by molar-refractivity contribution is 7.90. The molecule has 0 spiro atoms. The van der Waals surface area contributed by atoms with Gasteiger partial charge in [-0.3, -0.25) is 9.69 Å². The molecule has 1 heterocycles. The molecule has 0 bridgehead atoms. The van der Waals surface area contributed by atoms with Crippen molar-refractivity contribution >= 4 is 33.2 Å². The van der Waals surface area contributed by atoms with Crippen molar-refractivity contribution in [2.45, 2.75) is 31.6 Å². The van der Waals surface area contributed by atoms with Crippen molar-refractivity contribution in [3.05, 3.63) is 0 Å². The number of carbonyl (C=O) groups is 1. The van der Waals surface area contributed by atoms with Crippen LogP contribution in [0.4, 0.5) is 0 Å². The third-order valence-electron chi connectivity index (χ3n) is 3.77. The van der Waals surface area contributed by atoms with Crippen LogP contribution in [-0.2, 0) is 19.6 Å². The zero-order valence-corrected chi connectivity index (χ0v) is 14.2. The maximum Gasteiger partial charge on any atom is 0.325 e. The molecule has 2 unspecified atom stereocenters. The molecule has 0 aromatic carbocycles. The summed E-state index contributed by atoms with van der Waals surface area (Å²) < 4.78 is 30.5. The van der Waals surface area contributed by atoms with Crippen molar-refractivity contribution in [2.75, 3.05) is 33.3 Å². The van der Waals surface area contributed by atoms with Crippen molar-refractivity contribution in [1.82, 2.24) is 9.21 Å². The summed E-state index contributed by atoms with van der Waals surface area (Å²) >= 11 is 5.03. The molecular weight excluding hydrogens is 314 g/mol. The zero-order chi connectivity index (χ0) is 16.2. The highest BCUT2D eigenvalue weighted by atomic mass is 32.2. The third kappa shape index (κ3) is 4.12. The van der Waals surface area contributed by atoms with Gasteiger partial charge in [-0.1, -0.05) is 19.1 Å². The molecule has 9 heteroatoms. The molecule has 7 nitrogen and oxygen atoms in total. The molecular formula is C12H23N3O4S2. The molecule has 2 atom stereocenters. The fourth-order valence-electron chi connectivity index (χ4n) is 2.42. The number of esters is 1. The number of piperazine rings is 1. The number of rotatable bonds is 6. The lowest BCUT2D eigenvalue weighted by Gasteiger charge is -2.38. The van der Waals surface area contributed by atoms with E-state index in [4.69, 9.17) is 18.0 Å². The van der Waals surface area contributed by atoms with E-state index in [-0.39, 0.29) is 6.04 Å². The number of hydrogen-bond donors (Lipinski definition) is 1. The second-order valence-corrected chi connectivity index (χ2v) is 7.70. The summed E-state index contributed by atoms with van der Waals surface area (Å²) in [6, 6.07) is -0.0112. The molecule has 0 saturated carbocycles. The summed E-state index contributed by atoms with van der Waals surface area (Å²) in [5.41, 5.74) is 5.70. The molecule has 1 aliphatic rings. The van der Waals surface area contributed by atoms with Gasteiger partial charge in [0.1, 0.15) is 0 Å². The van der Waals surface area contributed by atoms with Crippen LogP contribution in [0.15, 0.2) is 0 Å². The molecule has 0 aromatic heterocycles. The van der Waals surface area contributed by atoms with Gasteiger partial charge in [0, 0.05) is 26.2 Å². The number of nitrogens with two attached hydrogens (primary N) is 1. The summed E-state index contributed by atoms with van der Waals surface area (Å²) in [6.45, 7) is 5.07. The highest BCUT2D eigenvalue weighted by Gasteiger charge is 2.37. The van der Waals surface area contributed by atoms with Crippen molar-refractivity contribution < 1.29 is 17.9 Å². The van der Waals surface area contributed by atoms with E-state index < -0.39 is 21.2 Å². The monoisotopic (exact) mass is 337 g/mol. The molecule has 0 aliphatic carbocycles. The predicted molar refractivity (Wildman–Crippen MR) is 84.4 cm³/mol. The van der Waals surface area contributed by atoms with E-state index in [0.29, 0.717) is 31.2 Å². The largest absolute Gasteiger partial charge is 0.468 e. The molecule has 0 aromatic rings. The fraction of sp³-hybridized carbons (Fsp3) is 0.833. The minimum atomic E-state index is -3.68. The first kappa shape index (κ1) is 18.3. The minimum Gasteiger partial charge on any atom is -0.468 e. The standard InChI is InChI=1S/C12H23N3O4S2/c1-4-10(11(13)20)14-5-7-15(8-6-14)21(17,18)9(2)12(16)19-3/h9-10H,4-8H2,1-3H3,(H2,13,20). The molecule has 0 amide bonds. The normalized spacial score (nSPS) is 20.7. The Hall–Kier alpha value is -0.770. The second kappa shape index (κ2) is 7.48. The number of sulfonamides is 1. The van der Waals surface area contributed by atoms with Crippen LogP contribution in [0, 0.1) is 0 Å². The predicted octanol–water partition coefficient (Wildman–Crippen LogP) is -0.440. The van der Waals surface area contributed by atoms with Crippen molar-refractivity contribution in [1.29, 1.82) is 0 Å². The summed E-state index contributed by atoms with van der Waals surface area (Å²) in [5, 5.41) is -1.19. The number of nitrogens with zero attached hydrogens (tertiary/aromatic N) is 2. The van der Waals surface area contributed by atoms with Gasteiger partial charge in [-0.2, -0.15) is 4.31 Å². The van der Waals surface area contributed by atoms with Crippen molar-refractivity contribution in [3.63, 3.8) is 0 Å². The number of methoxy groups -OCH3 is 1. The summed E-state index contributed by atoms with van der Waals surface area (Å²) in [4.78, 5) is 13.9. The van der Waals surface area contributed by atoms with Crippen LogP contribution in [0.25, 0.3) is 0 Å². The molecule has 1 rings (SSSR count). The fourth-order valence-corrected chi connectivity index (χ4v) is 4.19. The summed E-state index contributed by atoms with van der Waals surface area (Å²) in [6.07, 6.45) is 0.792. The quantitative estimate of drug-likeness (QED) is 0.519. The van der Waals surface area contributed by atoms with Gasteiger partial charge in [0.05, 0.1) is 18.1 Å². The Kier molecular flexibility index (Phi) is 6.51. The Bertz CT molecular complexity index is 487. The van der Waals surface area contributed by atoms with Crippen LogP contribution < -0.4 is 5.73 Å². The van der Waals surface area contributed by atoms with Crippen LogP contribution in [-0.4, -0.2) is 73.2 Å². The second-order valence-electron chi connectivity index (χ2n) is 4.97. The average Bonchev–Trinajstić information content (AvgIpc) is 2.46. The van der Waals surface area contributed by atoms with Crippen molar-refractivity contribution in [3.8, 4) is 0 Å². The van der Waals surface area contributed by atoms with E-state index in [9.17, 15) is 13.2 Å². The van der Waals surface area contributed by atoms with Crippen LogP contribution in [0.5, 0.6) is 0 Å². The van der Waals surface area contributed by atoms with Gasteiger partial charge < -0.3 is 10.5 Å². The van der Waals surface area contributed by atoms with Gasteiger partial charge >= 0.3 is 5.97 Å². The minimum absolute atomic E-state index is 0.0112. The zero-order valence-electron chi connectivity index (χ0n) is 12.6. The summed E-state index contributed by atoms with van der Waals surface area (Å²) in [7, 11) is -2.50. The van der Waals surface area contributed by atoms with Gasteiger partial charge in [-0.25, -0.2) is 8.42 Å². The maximum atomic E-state index is 12.3. The van der Waals surface area contributed by atoms with Crippen LogP contribution >= 0.6 is 12.2 Å². The lowest BCUT2D eigenvalue weighted by molar-refractivity contribution is -0.139. The van der Waals surface area contributed by atoms with Gasteiger partial charge in [-0.05, 0) is 13.3 Å². The maximum absolute atomic E-state index is 12.3. The summed E-state index contributed by atoms with van der Waals surface area (Å²) in [5.74, 6) is -0.744. The van der Waals surface area contributed by atoms with Gasteiger partial charge in [0.2, 0.25) is 10.0 Å². The van der Waals surface area contributed by atoms with Crippen molar-refractivity contribution in [2.24, 2.45) is 5.73 Å². The van der Waals surface area contributed by atoms with E-state index in [2.05, 4.69) is 9.64 Å². The third-order valence-corrected chi connectivity index (χ3v) is 6.21. The Morgan fingerprint density at radius 3 is 2.24 bits per heavy atom.